The minimum absolute atomic E-state index is 0. The van der Waals surface area contributed by atoms with Crippen LogP contribution in [0.4, 0.5) is 26.3 Å². The molecule has 0 aromatic carbocycles. The summed E-state index contributed by atoms with van der Waals surface area (Å²) in [6.45, 7) is 2.87. The van der Waals surface area contributed by atoms with Crippen LogP contribution >= 0.6 is 12.4 Å². The van der Waals surface area contributed by atoms with Crippen molar-refractivity contribution in [3.8, 4) is 0 Å². The molecule has 0 saturated heterocycles. The zero-order valence-corrected chi connectivity index (χ0v) is 20.4. The molecule has 0 bridgehead atoms. The number of carboxylic acids is 2. The van der Waals surface area contributed by atoms with Crippen molar-refractivity contribution in [1.29, 1.82) is 0 Å². The van der Waals surface area contributed by atoms with Crippen LogP contribution < -0.4 is 76.6 Å². The van der Waals surface area contributed by atoms with E-state index in [1.165, 1.54) is 0 Å². The van der Waals surface area contributed by atoms with E-state index in [-0.39, 0.29) is 83.9 Å². The standard InChI is InChI=1S/C4H10O.2C3H3F3O3.2ClH.2Na/c1-3-5-4-2;2*4-3(5,6)9-1-2(7)8;;;;/h3-4H2,1-2H3;2*1H2,(H,7,8);2*1H;;/q;;;;;2*+1/p-2. The van der Waals surface area contributed by atoms with Gasteiger partial charge in [0.25, 0.3) is 0 Å². The third kappa shape index (κ3) is 75.0. The van der Waals surface area contributed by atoms with Crippen LogP contribution in [-0.2, 0) is 23.8 Å². The molecule has 27 heavy (non-hydrogen) atoms. The normalized spacial score (nSPS) is 9.19. The van der Waals surface area contributed by atoms with Gasteiger partial charge in [-0.25, -0.2) is 4.79 Å². The minimum Gasteiger partial charge on any atom is -1.00 e. The predicted molar refractivity (Wildman–Crippen MR) is 66.1 cm³/mol. The Morgan fingerprint density at radius 1 is 0.889 bits per heavy atom. The molecule has 0 heterocycles. The zero-order chi connectivity index (χ0) is 19.1. The molecule has 1 N–H and O–H groups in total. The number of carboxylic acid groups (broad SMARTS) is 2. The Labute approximate surface area is 207 Å². The average molecular weight is 479 g/mol. The van der Waals surface area contributed by atoms with Gasteiger partial charge in [-0.1, -0.05) is 0 Å². The first-order chi connectivity index (χ1) is 10.2. The largest absolute Gasteiger partial charge is 1.00 e. The molecule has 156 valence electrons. The number of aliphatic carboxylic acids is 2. The number of hydrogen-bond donors (Lipinski definition) is 1. The van der Waals surface area contributed by atoms with Gasteiger partial charge in [0.15, 0.2) is 6.61 Å². The van der Waals surface area contributed by atoms with Gasteiger partial charge in [-0.2, -0.15) is 0 Å². The van der Waals surface area contributed by atoms with Crippen LogP contribution in [0.25, 0.3) is 0 Å². The van der Waals surface area contributed by atoms with Crippen LogP contribution in [0.2, 0.25) is 0 Å². The molecule has 0 spiro atoms. The molecule has 0 fully saturated rings. The molecule has 17 heteroatoms. The van der Waals surface area contributed by atoms with E-state index >= 15 is 0 Å². The van der Waals surface area contributed by atoms with E-state index < -0.39 is 37.9 Å². The second-order valence-corrected chi connectivity index (χ2v) is 3.02. The van der Waals surface area contributed by atoms with Gasteiger partial charge in [0, 0.05) is 13.2 Å². The predicted octanol–water partition coefficient (Wildman–Crippen LogP) is -7.64. The SMILES string of the molecule is CCOCC.Cl.O=C(O)COC(F)(F)F.O=C([O-])COC(F)(F)F.[Cl-].[Na+].[Na+]. The molecular formula is C10H16Cl2F6Na2O7. The zero-order valence-electron chi connectivity index (χ0n) is 14.8. The summed E-state index contributed by atoms with van der Waals surface area (Å²) >= 11 is 0. The summed E-state index contributed by atoms with van der Waals surface area (Å²) < 4.78 is 76.1. The van der Waals surface area contributed by atoms with E-state index in [4.69, 9.17) is 9.84 Å². The topological polar surface area (TPSA) is 105 Å². The maximum Gasteiger partial charge on any atom is 1.00 e. The van der Waals surface area contributed by atoms with Crippen LogP contribution in [0.15, 0.2) is 0 Å². The number of carbonyl (C=O) groups is 2. The van der Waals surface area contributed by atoms with Gasteiger partial charge in [-0.05, 0) is 13.8 Å². The van der Waals surface area contributed by atoms with Gasteiger partial charge >= 0.3 is 77.8 Å². The summed E-state index contributed by atoms with van der Waals surface area (Å²) in [5.41, 5.74) is 0. The van der Waals surface area contributed by atoms with E-state index in [9.17, 15) is 41.0 Å². The van der Waals surface area contributed by atoms with E-state index in [1.54, 1.807) is 0 Å². The number of halogens is 8. The molecule has 0 unspecified atom stereocenters. The maximum atomic E-state index is 10.9. The summed E-state index contributed by atoms with van der Waals surface area (Å²) in [7, 11) is 0. The van der Waals surface area contributed by atoms with Crippen LogP contribution in [0.5, 0.6) is 0 Å². The van der Waals surface area contributed by atoms with Crippen LogP contribution in [0.3, 0.4) is 0 Å². The van der Waals surface area contributed by atoms with Gasteiger partial charge in [0.1, 0.15) is 0 Å². The molecule has 0 radical (unpaired) electrons. The van der Waals surface area contributed by atoms with Crippen molar-refractivity contribution in [2.45, 2.75) is 26.6 Å². The molecule has 7 nitrogen and oxygen atoms in total. The van der Waals surface area contributed by atoms with Crippen molar-refractivity contribution in [1.82, 2.24) is 0 Å². The van der Waals surface area contributed by atoms with Crippen LogP contribution in [-0.4, -0.2) is 56.2 Å². The van der Waals surface area contributed by atoms with Crippen LogP contribution in [0.1, 0.15) is 13.8 Å². The minimum atomic E-state index is -4.89. The maximum absolute atomic E-state index is 10.9. The molecule has 0 aliphatic rings. The number of alkyl halides is 6. The monoisotopic (exact) mass is 478 g/mol. The van der Waals surface area contributed by atoms with Gasteiger partial charge in [0.05, 0.1) is 12.6 Å². The smallest absolute Gasteiger partial charge is 1.00 e. The molecular weight excluding hydrogens is 463 g/mol. The first-order valence-electron chi connectivity index (χ1n) is 5.65. The molecule has 0 amide bonds. The molecule has 0 rings (SSSR count). The molecule has 0 aromatic heterocycles. The van der Waals surface area contributed by atoms with Gasteiger partial charge < -0.3 is 32.2 Å². The van der Waals surface area contributed by atoms with Gasteiger partial charge in [-0.3, -0.25) is 9.47 Å². The number of hydrogen-bond acceptors (Lipinski definition) is 6. The quantitative estimate of drug-likeness (QED) is 0.298. The van der Waals surface area contributed by atoms with E-state index in [1.807, 2.05) is 13.8 Å². The Bertz CT molecular complexity index is 306. The van der Waals surface area contributed by atoms with E-state index in [0.29, 0.717) is 0 Å². The van der Waals surface area contributed by atoms with Crippen molar-refractivity contribution < 1.29 is 132 Å². The summed E-state index contributed by atoms with van der Waals surface area (Å²) in [6.07, 6.45) is -9.74. The Kier molecular flexibility index (Phi) is 46.2. The fourth-order valence-corrected chi connectivity index (χ4v) is 0.488. The molecule has 0 aliphatic heterocycles. The first kappa shape index (κ1) is 46.3. The Morgan fingerprint density at radius 2 is 1.19 bits per heavy atom. The Morgan fingerprint density at radius 3 is 1.26 bits per heavy atom. The third-order valence-corrected chi connectivity index (χ3v) is 1.12. The number of carbonyl (C=O) groups excluding carboxylic acids is 1. The fourth-order valence-electron chi connectivity index (χ4n) is 0.488. The van der Waals surface area contributed by atoms with Crippen molar-refractivity contribution >= 4 is 24.3 Å². The Balaban J connectivity index is -0.0000000428. The fraction of sp³-hybridized carbons (Fsp3) is 0.800. The summed E-state index contributed by atoms with van der Waals surface area (Å²) in [4.78, 5) is 18.7. The third-order valence-electron chi connectivity index (χ3n) is 1.12. The van der Waals surface area contributed by atoms with Gasteiger partial charge in [-0.15, -0.1) is 38.7 Å². The Hall–Kier alpha value is 0.980. The van der Waals surface area contributed by atoms with E-state index in [2.05, 4.69) is 9.47 Å². The van der Waals surface area contributed by atoms with Crippen molar-refractivity contribution in [2.24, 2.45) is 0 Å². The second-order valence-electron chi connectivity index (χ2n) is 3.02. The molecule has 0 saturated carbocycles. The molecule has 0 aliphatic carbocycles. The van der Waals surface area contributed by atoms with Crippen molar-refractivity contribution in [3.05, 3.63) is 0 Å². The van der Waals surface area contributed by atoms with Crippen LogP contribution in [0, 0.1) is 0 Å². The summed E-state index contributed by atoms with van der Waals surface area (Å²) in [5, 5.41) is 17.0. The first-order valence-corrected chi connectivity index (χ1v) is 5.65. The summed E-state index contributed by atoms with van der Waals surface area (Å²) in [6, 6.07) is 0. The number of rotatable bonds is 6. The second kappa shape index (κ2) is 27.0. The van der Waals surface area contributed by atoms with Crippen molar-refractivity contribution in [3.63, 3.8) is 0 Å². The van der Waals surface area contributed by atoms with Gasteiger partial charge in [0.2, 0.25) is 0 Å². The summed E-state index contributed by atoms with van der Waals surface area (Å²) in [5.74, 6) is -3.54. The van der Waals surface area contributed by atoms with Crippen molar-refractivity contribution in [2.75, 3.05) is 26.4 Å². The van der Waals surface area contributed by atoms with E-state index in [0.717, 1.165) is 13.2 Å². The molecule has 0 atom stereocenters. The average Bonchev–Trinajstić information content (AvgIpc) is 2.35. The molecule has 0 aromatic rings. The number of ether oxygens (including phenoxy) is 3.